The molecule has 0 aromatic carbocycles. The molecule has 0 aliphatic carbocycles. The van der Waals surface area contributed by atoms with Gasteiger partial charge in [0, 0.05) is 61.2 Å². The maximum absolute atomic E-state index is 9.00. The number of nitrogens with two attached hydrogens (primary N) is 1. The summed E-state index contributed by atoms with van der Waals surface area (Å²) in [7, 11) is 2.55. The van der Waals surface area contributed by atoms with Gasteiger partial charge in [-0.25, -0.2) is 0 Å². The third-order valence-corrected chi connectivity index (χ3v) is 4.92. The van der Waals surface area contributed by atoms with Gasteiger partial charge in [0.1, 0.15) is 0 Å². The van der Waals surface area contributed by atoms with E-state index < -0.39 is 26.7 Å². The molecule has 0 fully saturated rings. The molecule has 0 bridgehead atoms. The number of carboxylic acid groups (broad SMARTS) is 3. The minimum Gasteiger partial charge on any atom is -0.481 e. The molecule has 0 rings (SSSR count). The molecule has 0 aliphatic rings. The summed E-state index contributed by atoms with van der Waals surface area (Å²) in [5.41, 5.74) is 5.35. The minimum atomic E-state index is -2.35. The van der Waals surface area contributed by atoms with E-state index in [1.165, 1.54) is 0 Å². The third-order valence-electron chi connectivity index (χ3n) is 2.09. The van der Waals surface area contributed by atoms with Crippen molar-refractivity contribution < 1.29 is 43.0 Å². The van der Waals surface area contributed by atoms with Crippen LogP contribution in [0.15, 0.2) is 0 Å². The van der Waals surface area contributed by atoms with Crippen LogP contribution in [0.5, 0.6) is 0 Å². The van der Waals surface area contributed by atoms with Crippen LogP contribution in [-0.4, -0.2) is 83.0 Å². The van der Waals surface area contributed by atoms with Crippen LogP contribution in [0, 0.1) is 0 Å². The average Bonchev–Trinajstić information content (AvgIpc) is 2.50. The van der Waals surface area contributed by atoms with Crippen molar-refractivity contribution >= 4 is 26.7 Å². The first-order valence-electron chi connectivity index (χ1n) is 7.59. The summed E-state index contributed by atoms with van der Waals surface area (Å²) in [6.07, 6.45) is 0.974. The SMILES string of the molecule is CC(=O)O.CC(=O)O.CC(=O)O.CO[Si](CCCNCCN)(OC)OC. The van der Waals surface area contributed by atoms with Gasteiger partial charge in [-0.1, -0.05) is 0 Å². The highest BCUT2D eigenvalue weighted by atomic mass is 28.4. The maximum atomic E-state index is 9.00. The van der Waals surface area contributed by atoms with E-state index >= 15 is 0 Å². The van der Waals surface area contributed by atoms with Crippen molar-refractivity contribution in [2.45, 2.75) is 33.2 Å². The predicted octanol–water partition coefficient (Wildman–Crippen LogP) is 0.0756. The van der Waals surface area contributed by atoms with Gasteiger partial charge < -0.3 is 39.6 Å². The Morgan fingerprint density at radius 2 is 1.15 bits per heavy atom. The number of aliphatic carboxylic acids is 3. The number of carboxylic acids is 3. The Bertz CT molecular complexity index is 305. The summed E-state index contributed by atoms with van der Waals surface area (Å²) in [5.74, 6) is -2.50. The summed E-state index contributed by atoms with van der Waals surface area (Å²) < 4.78 is 15.9. The molecule has 0 atom stereocenters. The van der Waals surface area contributed by atoms with Gasteiger partial charge in [-0.05, 0) is 13.0 Å². The quantitative estimate of drug-likeness (QED) is 0.260. The van der Waals surface area contributed by atoms with Gasteiger partial charge in [-0.2, -0.15) is 0 Å². The second-order valence-corrected chi connectivity index (χ2v) is 7.59. The van der Waals surface area contributed by atoms with Crippen LogP contribution in [0.4, 0.5) is 0 Å². The molecule has 0 saturated carbocycles. The predicted molar refractivity (Wildman–Crippen MR) is 98.1 cm³/mol. The molecule has 158 valence electrons. The van der Waals surface area contributed by atoms with Crippen LogP contribution in [-0.2, 0) is 27.7 Å². The van der Waals surface area contributed by atoms with E-state index in [-0.39, 0.29) is 0 Å². The van der Waals surface area contributed by atoms with Crippen molar-refractivity contribution in [3.63, 3.8) is 0 Å². The summed E-state index contributed by atoms with van der Waals surface area (Å²) >= 11 is 0. The fourth-order valence-electron chi connectivity index (χ4n) is 1.21. The van der Waals surface area contributed by atoms with Crippen LogP contribution in [0.25, 0.3) is 0 Å². The fourth-order valence-corrected chi connectivity index (χ4v) is 2.94. The van der Waals surface area contributed by atoms with Gasteiger partial charge in [0.05, 0.1) is 0 Å². The first-order chi connectivity index (χ1) is 11.9. The molecule has 0 aliphatic heterocycles. The topological polar surface area (TPSA) is 178 Å². The minimum absolute atomic E-state index is 0.668. The van der Waals surface area contributed by atoms with E-state index in [2.05, 4.69) is 5.32 Å². The lowest BCUT2D eigenvalue weighted by atomic mass is 10.5. The standard InChI is InChI=1S/C8H22N2O3Si.3C2H4O2/c1-11-14(12-2,13-3)8-4-6-10-7-5-9;3*1-2(3)4/h10H,4-9H2,1-3H3;3*1H3,(H,3,4). The lowest BCUT2D eigenvalue weighted by Crippen LogP contribution is -2.43. The van der Waals surface area contributed by atoms with Gasteiger partial charge in [0.15, 0.2) is 0 Å². The highest BCUT2D eigenvalue weighted by Crippen LogP contribution is 2.13. The average molecular weight is 403 g/mol. The van der Waals surface area contributed by atoms with E-state index in [9.17, 15) is 0 Å². The number of nitrogens with one attached hydrogen (secondary N) is 1. The van der Waals surface area contributed by atoms with Gasteiger partial charge in [-0.15, -0.1) is 0 Å². The Labute approximate surface area is 155 Å². The van der Waals surface area contributed by atoms with Crippen molar-refractivity contribution in [3.8, 4) is 0 Å². The van der Waals surface area contributed by atoms with Crippen LogP contribution in [0.3, 0.4) is 0 Å². The molecule has 0 aromatic rings. The Kier molecular flexibility index (Phi) is 28.9. The molecule has 0 radical (unpaired) electrons. The molecule has 0 unspecified atom stereocenters. The van der Waals surface area contributed by atoms with Gasteiger partial charge in [0.2, 0.25) is 0 Å². The zero-order chi connectivity index (χ0) is 21.6. The second kappa shape index (κ2) is 23.4. The normalized spacial score (nSPS) is 9.35. The van der Waals surface area contributed by atoms with Crippen molar-refractivity contribution in [1.29, 1.82) is 0 Å². The van der Waals surface area contributed by atoms with Crippen molar-refractivity contribution in [2.75, 3.05) is 41.0 Å². The molecule has 11 nitrogen and oxygen atoms in total. The molecule has 12 heteroatoms. The van der Waals surface area contributed by atoms with E-state index in [4.69, 9.17) is 48.7 Å². The molecule has 26 heavy (non-hydrogen) atoms. The lowest BCUT2D eigenvalue weighted by molar-refractivity contribution is -0.135. The maximum Gasteiger partial charge on any atom is 0.500 e. The Hall–Kier alpha value is -1.57. The van der Waals surface area contributed by atoms with Crippen LogP contribution < -0.4 is 11.1 Å². The van der Waals surface area contributed by atoms with E-state index in [0.29, 0.717) is 6.54 Å². The third kappa shape index (κ3) is 43.3. The molecule has 0 aromatic heterocycles. The number of hydrogen-bond acceptors (Lipinski definition) is 8. The lowest BCUT2D eigenvalue weighted by Gasteiger charge is -2.24. The van der Waals surface area contributed by atoms with E-state index in [0.717, 1.165) is 46.3 Å². The zero-order valence-corrected chi connectivity index (χ0v) is 17.4. The van der Waals surface area contributed by atoms with E-state index in [1.807, 2.05) is 0 Å². The highest BCUT2D eigenvalue weighted by molar-refractivity contribution is 6.60. The van der Waals surface area contributed by atoms with Crippen molar-refractivity contribution in [1.82, 2.24) is 5.32 Å². The van der Waals surface area contributed by atoms with Crippen LogP contribution in [0.2, 0.25) is 6.04 Å². The number of hydrogen-bond donors (Lipinski definition) is 5. The summed E-state index contributed by atoms with van der Waals surface area (Å²) in [5, 5.41) is 25.5. The number of rotatable bonds is 9. The van der Waals surface area contributed by atoms with E-state index in [1.54, 1.807) is 21.3 Å². The Morgan fingerprint density at radius 3 is 1.38 bits per heavy atom. The van der Waals surface area contributed by atoms with Crippen LogP contribution >= 0.6 is 0 Å². The number of carbonyl (C=O) groups is 3. The Morgan fingerprint density at radius 1 is 0.846 bits per heavy atom. The molecular formula is C14H34N2O9Si. The Balaban J connectivity index is -0.000000164. The van der Waals surface area contributed by atoms with Gasteiger partial charge in [0.25, 0.3) is 17.9 Å². The van der Waals surface area contributed by atoms with Gasteiger partial charge >= 0.3 is 8.80 Å². The summed E-state index contributed by atoms with van der Waals surface area (Å²) in [4.78, 5) is 27.0. The highest BCUT2D eigenvalue weighted by Gasteiger charge is 2.36. The zero-order valence-electron chi connectivity index (χ0n) is 16.4. The molecule has 0 heterocycles. The first kappa shape index (κ1) is 32.1. The smallest absolute Gasteiger partial charge is 0.481 e. The van der Waals surface area contributed by atoms with Gasteiger partial charge in [-0.3, -0.25) is 14.4 Å². The summed E-state index contributed by atoms with van der Waals surface area (Å²) in [6.45, 7) is 5.69. The first-order valence-corrected chi connectivity index (χ1v) is 9.52. The molecular weight excluding hydrogens is 368 g/mol. The van der Waals surface area contributed by atoms with Crippen molar-refractivity contribution in [3.05, 3.63) is 0 Å². The second-order valence-electron chi connectivity index (χ2n) is 4.49. The fraction of sp³-hybridized carbons (Fsp3) is 0.786. The monoisotopic (exact) mass is 402 g/mol. The molecule has 0 saturated heterocycles. The largest absolute Gasteiger partial charge is 0.500 e. The van der Waals surface area contributed by atoms with Crippen LogP contribution in [0.1, 0.15) is 27.2 Å². The summed E-state index contributed by atoms with van der Waals surface area (Å²) in [6, 6.07) is 0.827. The molecule has 0 amide bonds. The molecule has 0 spiro atoms. The van der Waals surface area contributed by atoms with Crippen molar-refractivity contribution in [2.24, 2.45) is 5.73 Å². The molecule has 6 N–H and O–H groups in total.